The summed E-state index contributed by atoms with van der Waals surface area (Å²) in [6, 6.07) is 9.38. The lowest BCUT2D eigenvalue weighted by molar-refractivity contribution is -0.119. The second-order valence-corrected chi connectivity index (χ2v) is 6.56. The summed E-state index contributed by atoms with van der Waals surface area (Å²) in [6.45, 7) is 4.21. The van der Waals surface area contributed by atoms with Crippen LogP contribution in [0.25, 0.3) is 11.2 Å². The molecule has 1 aromatic carbocycles. The van der Waals surface area contributed by atoms with Crippen LogP contribution in [0.3, 0.4) is 0 Å². The minimum Gasteiger partial charge on any atom is -0.382 e. The molecule has 0 saturated heterocycles. The fourth-order valence-electron chi connectivity index (χ4n) is 2.86. The molecule has 9 heteroatoms. The lowest BCUT2D eigenvalue weighted by atomic mass is 10.2. The molecule has 29 heavy (non-hydrogen) atoms. The van der Waals surface area contributed by atoms with Gasteiger partial charge in [-0.05, 0) is 18.4 Å². The lowest BCUT2D eigenvalue weighted by Gasteiger charge is -2.06. The SMILES string of the molecule is CC.Nc1nc(C(=O)NCC(=O)C2CC2)nc2c1[nH]c(=O)n2Cc1ccccc1. The standard InChI is InChI=1S/C18H18N6O3.C2H6/c19-14-13-16(24(18(27)21-13)9-10-4-2-1-3-5-10)23-15(22-14)17(26)20-8-12(25)11-6-7-11;1-2/h1-5,11H,6-9H2,(H,20,26)(H,21,27)(H2,19,22,23);1-2H3. The van der Waals surface area contributed by atoms with Crippen LogP contribution in [0, 0.1) is 5.92 Å². The number of ketones is 1. The van der Waals surface area contributed by atoms with Gasteiger partial charge in [0.25, 0.3) is 5.91 Å². The van der Waals surface area contributed by atoms with E-state index in [0.29, 0.717) is 0 Å². The molecule has 4 N–H and O–H groups in total. The molecule has 1 aliphatic rings. The number of nitrogen functional groups attached to an aromatic ring is 1. The van der Waals surface area contributed by atoms with Crippen LogP contribution in [0.5, 0.6) is 0 Å². The summed E-state index contributed by atoms with van der Waals surface area (Å²) in [5, 5.41) is 2.52. The van der Waals surface area contributed by atoms with Crippen molar-refractivity contribution in [2.75, 3.05) is 12.3 Å². The number of carbonyl (C=O) groups is 2. The number of aromatic amines is 1. The molecule has 1 aliphatic carbocycles. The summed E-state index contributed by atoms with van der Waals surface area (Å²) in [6.07, 6.45) is 1.75. The fourth-order valence-corrected chi connectivity index (χ4v) is 2.86. The van der Waals surface area contributed by atoms with Crippen LogP contribution in [-0.4, -0.2) is 37.8 Å². The zero-order valence-corrected chi connectivity index (χ0v) is 16.4. The van der Waals surface area contributed by atoms with Crippen molar-refractivity contribution in [1.29, 1.82) is 0 Å². The Morgan fingerprint density at radius 3 is 2.55 bits per heavy atom. The quantitative estimate of drug-likeness (QED) is 0.577. The van der Waals surface area contributed by atoms with E-state index in [2.05, 4.69) is 20.3 Å². The van der Waals surface area contributed by atoms with Gasteiger partial charge in [-0.25, -0.2) is 14.8 Å². The molecule has 2 aromatic heterocycles. The Balaban J connectivity index is 0.00000117. The molecular weight excluding hydrogens is 372 g/mol. The molecule has 0 spiro atoms. The maximum Gasteiger partial charge on any atom is 0.328 e. The van der Waals surface area contributed by atoms with Crippen molar-refractivity contribution in [2.24, 2.45) is 5.92 Å². The van der Waals surface area contributed by atoms with Crippen LogP contribution < -0.4 is 16.7 Å². The summed E-state index contributed by atoms with van der Waals surface area (Å²) in [5.41, 5.74) is 6.94. The van der Waals surface area contributed by atoms with Gasteiger partial charge >= 0.3 is 5.69 Å². The summed E-state index contributed by atoms with van der Waals surface area (Å²) < 4.78 is 1.40. The summed E-state index contributed by atoms with van der Waals surface area (Å²) >= 11 is 0. The fraction of sp³-hybridized carbons (Fsp3) is 0.350. The predicted octanol–water partition coefficient (Wildman–Crippen LogP) is 1.49. The number of rotatable bonds is 6. The minimum atomic E-state index is -0.600. The number of nitrogens with two attached hydrogens (primary N) is 1. The van der Waals surface area contributed by atoms with E-state index in [1.165, 1.54) is 4.57 Å². The number of hydrogen-bond acceptors (Lipinski definition) is 6. The smallest absolute Gasteiger partial charge is 0.328 e. The van der Waals surface area contributed by atoms with E-state index in [0.717, 1.165) is 18.4 Å². The molecule has 1 fully saturated rings. The first-order chi connectivity index (χ1) is 14.0. The summed E-state index contributed by atoms with van der Waals surface area (Å²) in [5.74, 6) is -0.718. The monoisotopic (exact) mass is 396 g/mol. The Morgan fingerprint density at radius 1 is 1.21 bits per heavy atom. The summed E-state index contributed by atoms with van der Waals surface area (Å²) in [7, 11) is 0. The first kappa shape index (κ1) is 20.2. The number of benzene rings is 1. The molecule has 0 radical (unpaired) electrons. The van der Waals surface area contributed by atoms with Gasteiger partial charge in [0, 0.05) is 5.92 Å². The van der Waals surface area contributed by atoms with E-state index < -0.39 is 11.6 Å². The van der Waals surface area contributed by atoms with E-state index in [4.69, 9.17) is 5.73 Å². The van der Waals surface area contributed by atoms with Gasteiger partial charge in [0.1, 0.15) is 5.52 Å². The largest absolute Gasteiger partial charge is 0.382 e. The molecule has 1 amide bonds. The number of fused-ring (bicyclic) bond motifs is 1. The molecule has 0 unspecified atom stereocenters. The number of Topliss-reactive ketones (excluding diaryl/α,β-unsaturated/α-hetero) is 1. The first-order valence-electron chi connectivity index (χ1n) is 9.64. The first-order valence-corrected chi connectivity index (χ1v) is 9.64. The van der Waals surface area contributed by atoms with Crippen molar-refractivity contribution >= 4 is 28.7 Å². The Kier molecular flexibility index (Phi) is 6.06. The van der Waals surface area contributed by atoms with Crippen LogP contribution >= 0.6 is 0 Å². The molecule has 1 saturated carbocycles. The van der Waals surface area contributed by atoms with Gasteiger partial charge in [0.15, 0.2) is 17.2 Å². The molecule has 0 atom stereocenters. The zero-order chi connectivity index (χ0) is 21.0. The van der Waals surface area contributed by atoms with Crippen molar-refractivity contribution in [3.8, 4) is 0 Å². The number of nitrogens with zero attached hydrogens (tertiary/aromatic N) is 3. The molecule has 152 valence electrons. The second kappa shape index (κ2) is 8.68. The highest BCUT2D eigenvalue weighted by Gasteiger charge is 2.29. The minimum absolute atomic E-state index is 0.0000283. The van der Waals surface area contributed by atoms with Crippen molar-refractivity contribution in [3.63, 3.8) is 0 Å². The topological polar surface area (TPSA) is 136 Å². The van der Waals surface area contributed by atoms with E-state index in [-0.39, 0.29) is 47.6 Å². The highest BCUT2D eigenvalue weighted by atomic mass is 16.2. The second-order valence-electron chi connectivity index (χ2n) is 6.56. The molecule has 3 aromatic rings. The third-order valence-corrected chi connectivity index (χ3v) is 4.49. The molecule has 0 aliphatic heterocycles. The number of carbonyl (C=O) groups excluding carboxylic acids is 2. The zero-order valence-electron chi connectivity index (χ0n) is 16.4. The Morgan fingerprint density at radius 2 is 1.90 bits per heavy atom. The maximum atomic E-state index is 12.3. The van der Waals surface area contributed by atoms with Crippen molar-refractivity contribution < 1.29 is 9.59 Å². The molecule has 9 nitrogen and oxygen atoms in total. The summed E-state index contributed by atoms with van der Waals surface area (Å²) in [4.78, 5) is 47.2. The van der Waals surface area contributed by atoms with Crippen molar-refractivity contribution in [1.82, 2.24) is 24.8 Å². The number of imidazole rings is 1. The van der Waals surface area contributed by atoms with Gasteiger partial charge in [0.05, 0.1) is 13.1 Å². The number of amides is 1. The Hall–Kier alpha value is -3.49. The van der Waals surface area contributed by atoms with Gasteiger partial charge < -0.3 is 16.0 Å². The predicted molar refractivity (Wildman–Crippen MR) is 110 cm³/mol. The van der Waals surface area contributed by atoms with Crippen LogP contribution in [0.15, 0.2) is 35.1 Å². The average Bonchev–Trinajstić information content (AvgIpc) is 3.54. The maximum absolute atomic E-state index is 12.3. The van der Waals surface area contributed by atoms with E-state index in [1.807, 2.05) is 44.2 Å². The lowest BCUT2D eigenvalue weighted by Crippen LogP contribution is -2.31. The van der Waals surface area contributed by atoms with Gasteiger partial charge in [-0.1, -0.05) is 44.2 Å². The number of hydrogen-bond donors (Lipinski definition) is 3. The van der Waals surface area contributed by atoms with Crippen LogP contribution in [-0.2, 0) is 11.3 Å². The third kappa shape index (κ3) is 4.50. The van der Waals surface area contributed by atoms with Gasteiger partial charge in [-0.2, -0.15) is 0 Å². The number of anilines is 1. The Bertz CT molecular complexity index is 1080. The van der Waals surface area contributed by atoms with Gasteiger partial charge in [0.2, 0.25) is 5.82 Å². The van der Waals surface area contributed by atoms with Crippen molar-refractivity contribution in [3.05, 3.63) is 52.2 Å². The normalized spacial score (nSPS) is 12.9. The van der Waals surface area contributed by atoms with Gasteiger partial charge in [-0.3, -0.25) is 14.2 Å². The van der Waals surface area contributed by atoms with Gasteiger partial charge in [-0.15, -0.1) is 0 Å². The average molecular weight is 396 g/mol. The highest BCUT2D eigenvalue weighted by Crippen LogP contribution is 2.29. The molecule has 0 bridgehead atoms. The van der Waals surface area contributed by atoms with Crippen LogP contribution in [0.2, 0.25) is 0 Å². The highest BCUT2D eigenvalue weighted by molar-refractivity contribution is 5.97. The number of H-pyrrole nitrogens is 1. The number of aromatic nitrogens is 4. The number of nitrogens with one attached hydrogen (secondary N) is 2. The van der Waals surface area contributed by atoms with E-state index in [1.54, 1.807) is 0 Å². The molecular formula is C20H24N6O3. The van der Waals surface area contributed by atoms with E-state index >= 15 is 0 Å². The van der Waals surface area contributed by atoms with Crippen molar-refractivity contribution in [2.45, 2.75) is 33.2 Å². The molecule has 4 rings (SSSR count). The van der Waals surface area contributed by atoms with Crippen LogP contribution in [0.1, 0.15) is 42.9 Å². The third-order valence-electron chi connectivity index (χ3n) is 4.49. The van der Waals surface area contributed by atoms with Crippen LogP contribution in [0.4, 0.5) is 5.82 Å². The molecule has 2 heterocycles. The Labute approximate surface area is 167 Å². The van der Waals surface area contributed by atoms with E-state index in [9.17, 15) is 14.4 Å².